The SMILES string of the molecule is Cn1cc(C2C3OC(CC3O)C2C(=O)Nc2cccc(C(F)(F)F)c2F)c(C(F)(F)F)n1. The number of anilines is 1. The lowest BCUT2D eigenvalue weighted by Crippen LogP contribution is -2.41. The van der Waals surface area contributed by atoms with E-state index in [1.54, 1.807) is 0 Å². The van der Waals surface area contributed by atoms with Gasteiger partial charge in [-0.3, -0.25) is 9.48 Å². The predicted octanol–water partition coefficient (Wildman–Crippen LogP) is 3.47. The third-order valence-corrected chi connectivity index (χ3v) is 5.68. The first-order valence-electron chi connectivity index (χ1n) is 9.40. The summed E-state index contributed by atoms with van der Waals surface area (Å²) >= 11 is 0. The lowest BCUT2D eigenvalue weighted by molar-refractivity contribution is -0.143. The van der Waals surface area contributed by atoms with E-state index in [1.807, 2.05) is 5.32 Å². The third-order valence-electron chi connectivity index (χ3n) is 5.68. The molecular formula is C19H16F7N3O3. The first-order valence-corrected chi connectivity index (χ1v) is 9.40. The van der Waals surface area contributed by atoms with Gasteiger partial charge in [-0.05, 0) is 12.1 Å². The highest BCUT2D eigenvalue weighted by Gasteiger charge is 2.59. The van der Waals surface area contributed by atoms with Crippen LogP contribution in [0.15, 0.2) is 24.4 Å². The summed E-state index contributed by atoms with van der Waals surface area (Å²) in [7, 11) is 1.25. The van der Waals surface area contributed by atoms with Gasteiger partial charge in [0.1, 0.15) is 0 Å². The van der Waals surface area contributed by atoms with Crippen LogP contribution in [-0.2, 0) is 28.9 Å². The molecule has 4 rings (SSSR count). The summed E-state index contributed by atoms with van der Waals surface area (Å²) < 4.78 is 100. The van der Waals surface area contributed by atoms with Gasteiger partial charge in [0.15, 0.2) is 11.5 Å². The van der Waals surface area contributed by atoms with Crippen LogP contribution in [0.5, 0.6) is 0 Å². The number of aromatic nitrogens is 2. The number of carbonyl (C=O) groups is 1. The Morgan fingerprint density at radius 3 is 2.53 bits per heavy atom. The van der Waals surface area contributed by atoms with Crippen molar-refractivity contribution < 1.29 is 45.4 Å². The highest BCUT2D eigenvalue weighted by Crippen LogP contribution is 2.51. The van der Waals surface area contributed by atoms with E-state index in [9.17, 15) is 40.6 Å². The first-order chi connectivity index (χ1) is 14.8. The smallest absolute Gasteiger partial charge is 0.390 e. The van der Waals surface area contributed by atoms with Crippen LogP contribution in [0.4, 0.5) is 36.4 Å². The molecule has 0 saturated carbocycles. The number of aliphatic hydroxyl groups is 1. The van der Waals surface area contributed by atoms with Gasteiger partial charge in [0.05, 0.1) is 35.5 Å². The summed E-state index contributed by atoms with van der Waals surface area (Å²) in [5.41, 5.74) is -4.03. The minimum Gasteiger partial charge on any atom is -0.390 e. The summed E-state index contributed by atoms with van der Waals surface area (Å²) in [6, 6.07) is 2.30. The van der Waals surface area contributed by atoms with Crippen molar-refractivity contribution in [3.8, 4) is 0 Å². The highest BCUT2D eigenvalue weighted by atomic mass is 19.4. The number of halogens is 7. The second-order valence-corrected chi connectivity index (χ2v) is 7.75. The quantitative estimate of drug-likeness (QED) is 0.679. The highest BCUT2D eigenvalue weighted by molar-refractivity contribution is 5.94. The van der Waals surface area contributed by atoms with Crippen molar-refractivity contribution in [3.63, 3.8) is 0 Å². The van der Waals surface area contributed by atoms with Gasteiger partial charge in [-0.25, -0.2) is 4.39 Å². The average molecular weight is 467 g/mol. The van der Waals surface area contributed by atoms with Crippen LogP contribution >= 0.6 is 0 Å². The van der Waals surface area contributed by atoms with Crippen molar-refractivity contribution in [2.24, 2.45) is 13.0 Å². The van der Waals surface area contributed by atoms with Gasteiger partial charge in [0.2, 0.25) is 5.91 Å². The number of amides is 1. The van der Waals surface area contributed by atoms with E-state index in [-0.39, 0.29) is 6.42 Å². The summed E-state index contributed by atoms with van der Waals surface area (Å²) in [5, 5.41) is 15.6. The number of aliphatic hydroxyl groups excluding tert-OH is 1. The molecule has 1 amide bonds. The second-order valence-electron chi connectivity index (χ2n) is 7.75. The number of hydrogen-bond donors (Lipinski definition) is 2. The van der Waals surface area contributed by atoms with E-state index in [4.69, 9.17) is 4.74 Å². The Balaban J connectivity index is 1.70. The Morgan fingerprint density at radius 1 is 1.22 bits per heavy atom. The largest absolute Gasteiger partial charge is 0.435 e. The maximum atomic E-state index is 14.3. The molecule has 0 aliphatic carbocycles. The molecule has 5 unspecified atom stereocenters. The number of benzene rings is 1. The number of rotatable bonds is 3. The van der Waals surface area contributed by atoms with E-state index in [1.165, 1.54) is 7.05 Å². The predicted molar refractivity (Wildman–Crippen MR) is 93.8 cm³/mol. The molecule has 0 radical (unpaired) electrons. The fourth-order valence-electron chi connectivity index (χ4n) is 4.45. The molecule has 5 atom stereocenters. The summed E-state index contributed by atoms with van der Waals surface area (Å²) in [6.45, 7) is 0. The van der Waals surface area contributed by atoms with Crippen molar-refractivity contribution in [3.05, 3.63) is 47.0 Å². The molecular weight excluding hydrogens is 451 g/mol. The monoisotopic (exact) mass is 467 g/mol. The zero-order chi connectivity index (χ0) is 23.6. The van der Waals surface area contributed by atoms with E-state index < -0.39 is 76.7 Å². The number of nitrogens with zero attached hydrogens (tertiary/aromatic N) is 2. The fourth-order valence-corrected chi connectivity index (χ4v) is 4.45. The molecule has 3 heterocycles. The van der Waals surface area contributed by atoms with Gasteiger partial charge in [0, 0.05) is 31.1 Å². The number of aryl methyl sites for hydroxylation is 1. The van der Waals surface area contributed by atoms with E-state index in [0.717, 1.165) is 23.0 Å². The molecule has 2 N–H and O–H groups in total. The maximum Gasteiger partial charge on any atom is 0.435 e. The van der Waals surface area contributed by atoms with Crippen LogP contribution in [0.2, 0.25) is 0 Å². The Morgan fingerprint density at radius 2 is 1.91 bits per heavy atom. The minimum atomic E-state index is -5.01. The number of alkyl halides is 6. The molecule has 2 fully saturated rings. The van der Waals surface area contributed by atoms with Gasteiger partial charge in [-0.1, -0.05) is 6.07 Å². The Labute approximate surface area is 176 Å². The molecule has 0 spiro atoms. The van der Waals surface area contributed by atoms with Crippen molar-refractivity contribution in [1.29, 1.82) is 0 Å². The van der Waals surface area contributed by atoms with Crippen LogP contribution in [0.3, 0.4) is 0 Å². The van der Waals surface area contributed by atoms with E-state index >= 15 is 0 Å². The van der Waals surface area contributed by atoms with Crippen LogP contribution in [-0.4, -0.2) is 39.1 Å². The molecule has 2 aromatic rings. The molecule has 2 aliphatic heterocycles. The number of ether oxygens (including phenoxy) is 1. The number of carbonyl (C=O) groups excluding carboxylic acids is 1. The second kappa shape index (κ2) is 7.44. The lowest BCUT2D eigenvalue weighted by atomic mass is 9.73. The Bertz CT molecular complexity index is 1050. The third kappa shape index (κ3) is 3.72. The normalized spacial score (nSPS) is 27.7. The van der Waals surface area contributed by atoms with Crippen LogP contribution < -0.4 is 5.32 Å². The first kappa shape index (κ1) is 22.5. The van der Waals surface area contributed by atoms with Gasteiger partial charge in [0.25, 0.3) is 0 Å². The molecule has 6 nitrogen and oxygen atoms in total. The molecule has 32 heavy (non-hydrogen) atoms. The Hall–Kier alpha value is -2.67. The topological polar surface area (TPSA) is 76.4 Å². The van der Waals surface area contributed by atoms with Gasteiger partial charge in [-0.2, -0.15) is 31.4 Å². The van der Waals surface area contributed by atoms with E-state index in [2.05, 4.69) is 5.10 Å². The molecule has 1 aromatic heterocycles. The lowest BCUT2D eigenvalue weighted by Gasteiger charge is -2.30. The molecule has 13 heteroatoms. The van der Waals surface area contributed by atoms with Crippen molar-refractivity contribution in [1.82, 2.24) is 9.78 Å². The molecule has 2 saturated heterocycles. The molecule has 174 valence electrons. The van der Waals surface area contributed by atoms with Crippen molar-refractivity contribution >= 4 is 11.6 Å². The molecule has 1 aromatic carbocycles. The standard InChI is InChI=1S/C19H16F7N3O3/c1-29-6-7(16(28-29)19(24,25)26)12-13(11-5-10(30)15(12)32-11)17(31)27-9-4-2-3-8(14(9)20)18(21,22)23/h2-4,6,10-13,15,30H,5H2,1H3,(H,27,31). The minimum absolute atomic E-state index is 0.0636. The van der Waals surface area contributed by atoms with Crippen molar-refractivity contribution in [2.45, 2.75) is 43.0 Å². The van der Waals surface area contributed by atoms with Crippen LogP contribution in [0, 0.1) is 11.7 Å². The van der Waals surface area contributed by atoms with Gasteiger partial charge >= 0.3 is 12.4 Å². The average Bonchev–Trinajstić information content (AvgIpc) is 3.33. The van der Waals surface area contributed by atoms with E-state index in [0.29, 0.717) is 6.07 Å². The number of fused-ring (bicyclic) bond motifs is 2. The van der Waals surface area contributed by atoms with Crippen LogP contribution in [0.1, 0.15) is 29.2 Å². The summed E-state index contributed by atoms with van der Waals surface area (Å²) in [4.78, 5) is 12.9. The summed E-state index contributed by atoms with van der Waals surface area (Å²) in [5.74, 6) is -5.35. The zero-order valence-corrected chi connectivity index (χ0v) is 16.2. The number of hydrogen-bond acceptors (Lipinski definition) is 4. The van der Waals surface area contributed by atoms with Crippen LogP contribution in [0.25, 0.3) is 0 Å². The number of nitrogens with one attached hydrogen (secondary N) is 1. The maximum absolute atomic E-state index is 14.3. The Kier molecular flexibility index (Phi) is 5.24. The van der Waals surface area contributed by atoms with Gasteiger partial charge in [-0.15, -0.1) is 0 Å². The molecule has 2 aliphatic rings. The van der Waals surface area contributed by atoms with Gasteiger partial charge < -0.3 is 15.2 Å². The van der Waals surface area contributed by atoms with Crippen molar-refractivity contribution in [2.75, 3.05) is 5.32 Å². The zero-order valence-electron chi connectivity index (χ0n) is 16.2. The fraction of sp³-hybridized carbons (Fsp3) is 0.474. The summed E-state index contributed by atoms with van der Waals surface area (Å²) in [6.07, 6.45) is -12.2. The molecule has 2 bridgehead atoms.